The molecule has 1 heterocycles. The second-order valence-corrected chi connectivity index (χ2v) is 6.41. The van der Waals surface area contributed by atoms with Crippen LogP contribution in [0.5, 0.6) is 0 Å². The molecule has 0 aliphatic heterocycles. The highest BCUT2D eigenvalue weighted by Gasteiger charge is 2.38. The third kappa shape index (κ3) is 1.32. The van der Waals surface area contributed by atoms with Crippen molar-refractivity contribution in [3.05, 3.63) is 20.3 Å². The van der Waals surface area contributed by atoms with Gasteiger partial charge in [0.05, 0.1) is 4.34 Å². The summed E-state index contributed by atoms with van der Waals surface area (Å²) in [5.41, 5.74) is 8.65. The minimum Gasteiger partial charge on any atom is -0.326 e. The third-order valence-corrected chi connectivity index (χ3v) is 4.99. The molecule has 1 atom stereocenters. The Balaban J connectivity index is 2.62. The third-order valence-electron chi connectivity index (χ3n) is 3.13. The Hall–Kier alpha value is -0.0500. The molecule has 0 aromatic carbocycles. The smallest absolute Gasteiger partial charge is 0.0979 e. The lowest BCUT2D eigenvalue weighted by Gasteiger charge is -2.17. The second-order valence-electron chi connectivity index (χ2n) is 4.79. The highest BCUT2D eigenvalue weighted by Crippen LogP contribution is 2.52. The van der Waals surface area contributed by atoms with Gasteiger partial charge < -0.3 is 5.73 Å². The van der Waals surface area contributed by atoms with Crippen LogP contribution in [0.15, 0.2) is 0 Å². The summed E-state index contributed by atoms with van der Waals surface area (Å²) < 4.78 is 0.900. The predicted octanol–water partition coefficient (Wildman–Crippen LogP) is 3.65. The number of halogens is 1. The minimum absolute atomic E-state index is 0.288. The van der Waals surface area contributed by atoms with Crippen LogP contribution in [0.1, 0.15) is 49.1 Å². The fourth-order valence-corrected chi connectivity index (χ4v) is 4.32. The molecule has 3 heteroatoms. The van der Waals surface area contributed by atoms with Gasteiger partial charge in [-0.05, 0) is 28.9 Å². The van der Waals surface area contributed by atoms with Gasteiger partial charge in [-0.2, -0.15) is 0 Å². The van der Waals surface area contributed by atoms with Gasteiger partial charge in [-0.15, -0.1) is 11.3 Å². The Labute approximate surface area is 94.3 Å². The van der Waals surface area contributed by atoms with Gasteiger partial charge in [0, 0.05) is 11.4 Å². The number of hydrogen-bond donors (Lipinski definition) is 1. The molecule has 0 saturated carbocycles. The van der Waals surface area contributed by atoms with Crippen LogP contribution < -0.4 is 5.73 Å². The fraction of sp³-hybridized carbons (Fsp3) is 0.636. The Morgan fingerprint density at radius 3 is 2.79 bits per heavy atom. The van der Waals surface area contributed by atoms with Gasteiger partial charge in [0.15, 0.2) is 0 Å². The van der Waals surface area contributed by atoms with E-state index in [1.54, 1.807) is 11.3 Å². The fourth-order valence-electron chi connectivity index (χ4n) is 2.62. The van der Waals surface area contributed by atoms with Crippen molar-refractivity contribution in [1.82, 2.24) is 0 Å². The Morgan fingerprint density at radius 1 is 1.57 bits per heavy atom. The molecule has 1 unspecified atom stereocenters. The van der Waals surface area contributed by atoms with E-state index in [9.17, 15) is 0 Å². The number of fused-ring (bicyclic) bond motifs is 1. The summed E-state index contributed by atoms with van der Waals surface area (Å²) >= 11 is 7.92. The van der Waals surface area contributed by atoms with E-state index in [1.807, 2.05) is 0 Å². The van der Waals surface area contributed by atoms with Crippen molar-refractivity contribution >= 4 is 22.9 Å². The zero-order valence-corrected chi connectivity index (χ0v) is 10.4. The first-order valence-corrected chi connectivity index (χ1v) is 6.18. The number of nitrogens with two attached hydrogens (primary N) is 1. The van der Waals surface area contributed by atoms with Crippen LogP contribution in [0.2, 0.25) is 4.34 Å². The molecule has 0 fully saturated rings. The highest BCUT2D eigenvalue weighted by molar-refractivity contribution is 7.16. The van der Waals surface area contributed by atoms with Gasteiger partial charge in [-0.3, -0.25) is 0 Å². The molecule has 14 heavy (non-hydrogen) atoms. The van der Waals surface area contributed by atoms with Crippen LogP contribution in [0.3, 0.4) is 0 Å². The predicted molar refractivity (Wildman–Crippen MR) is 63.3 cm³/mol. The van der Waals surface area contributed by atoms with Crippen molar-refractivity contribution in [1.29, 1.82) is 0 Å². The summed E-state index contributed by atoms with van der Waals surface area (Å²) in [6, 6.07) is 0. The first-order chi connectivity index (χ1) is 6.47. The van der Waals surface area contributed by atoms with E-state index in [1.165, 1.54) is 22.4 Å². The largest absolute Gasteiger partial charge is 0.326 e. The molecule has 78 valence electrons. The Morgan fingerprint density at radius 2 is 2.21 bits per heavy atom. The summed E-state index contributed by atoms with van der Waals surface area (Å²) in [6.07, 6.45) is 1.22. The van der Waals surface area contributed by atoms with Crippen molar-refractivity contribution in [2.75, 3.05) is 0 Å². The van der Waals surface area contributed by atoms with Gasteiger partial charge in [0.25, 0.3) is 0 Å². The van der Waals surface area contributed by atoms with Crippen LogP contribution in [0.4, 0.5) is 0 Å². The van der Waals surface area contributed by atoms with E-state index < -0.39 is 0 Å². The highest BCUT2D eigenvalue weighted by atomic mass is 35.5. The van der Waals surface area contributed by atoms with Crippen molar-refractivity contribution in [3.8, 4) is 0 Å². The standard InChI is InChI=1S/C11H16ClNS/c1-6-4-11(2,3)9-8(6)7(5-13)10(12)14-9/h6H,4-5,13H2,1-3H3. The maximum absolute atomic E-state index is 6.19. The Bertz CT molecular complexity index is 368. The molecule has 1 aliphatic carbocycles. The molecule has 1 nitrogen and oxygen atoms in total. The zero-order valence-electron chi connectivity index (χ0n) is 8.86. The molecule has 1 aliphatic rings. The average Bonchev–Trinajstić information content (AvgIpc) is 2.50. The van der Waals surface area contributed by atoms with E-state index in [-0.39, 0.29) is 5.41 Å². The molecule has 1 aromatic heterocycles. The van der Waals surface area contributed by atoms with Crippen molar-refractivity contribution in [3.63, 3.8) is 0 Å². The average molecular weight is 230 g/mol. The van der Waals surface area contributed by atoms with Crippen LogP contribution in [-0.4, -0.2) is 0 Å². The van der Waals surface area contributed by atoms with Crippen molar-refractivity contribution in [2.24, 2.45) is 5.73 Å². The molecule has 2 N–H and O–H groups in total. The molecule has 0 amide bonds. The summed E-state index contributed by atoms with van der Waals surface area (Å²) in [5, 5.41) is 0. The van der Waals surface area contributed by atoms with E-state index >= 15 is 0 Å². The lowest BCUT2D eigenvalue weighted by atomic mass is 9.91. The Kier molecular flexibility index (Phi) is 2.41. The molecule has 0 saturated heterocycles. The minimum atomic E-state index is 0.288. The summed E-state index contributed by atoms with van der Waals surface area (Å²) in [5.74, 6) is 0.613. The van der Waals surface area contributed by atoms with E-state index in [0.29, 0.717) is 12.5 Å². The summed E-state index contributed by atoms with van der Waals surface area (Å²) in [6.45, 7) is 7.44. The summed E-state index contributed by atoms with van der Waals surface area (Å²) in [4.78, 5) is 1.45. The first kappa shape index (κ1) is 10.5. The van der Waals surface area contributed by atoms with Gasteiger partial charge in [0.2, 0.25) is 0 Å². The maximum Gasteiger partial charge on any atom is 0.0979 e. The molecule has 0 spiro atoms. The first-order valence-electron chi connectivity index (χ1n) is 4.99. The van der Waals surface area contributed by atoms with Crippen LogP contribution in [0.25, 0.3) is 0 Å². The van der Waals surface area contributed by atoms with E-state index in [0.717, 1.165) is 4.34 Å². The molecular formula is C11H16ClNS. The van der Waals surface area contributed by atoms with Crippen LogP contribution in [0, 0.1) is 0 Å². The maximum atomic E-state index is 6.19. The van der Waals surface area contributed by atoms with Gasteiger partial charge in [-0.1, -0.05) is 32.4 Å². The molecule has 2 rings (SSSR count). The van der Waals surface area contributed by atoms with Crippen molar-refractivity contribution in [2.45, 2.75) is 45.1 Å². The van der Waals surface area contributed by atoms with Crippen molar-refractivity contribution < 1.29 is 0 Å². The molecule has 0 bridgehead atoms. The van der Waals surface area contributed by atoms with Gasteiger partial charge in [-0.25, -0.2) is 0 Å². The SMILES string of the molecule is CC1CC(C)(C)c2sc(Cl)c(CN)c21. The summed E-state index contributed by atoms with van der Waals surface area (Å²) in [7, 11) is 0. The lowest BCUT2D eigenvalue weighted by molar-refractivity contribution is 0.494. The number of rotatable bonds is 1. The molecular weight excluding hydrogens is 214 g/mol. The normalized spacial score (nSPS) is 23.9. The molecule has 1 aromatic rings. The topological polar surface area (TPSA) is 26.0 Å². The lowest BCUT2D eigenvalue weighted by Crippen LogP contribution is -2.10. The quantitative estimate of drug-likeness (QED) is 0.782. The van der Waals surface area contributed by atoms with Crippen LogP contribution >= 0.6 is 22.9 Å². The number of thiophene rings is 1. The monoisotopic (exact) mass is 229 g/mol. The van der Waals surface area contributed by atoms with Gasteiger partial charge >= 0.3 is 0 Å². The van der Waals surface area contributed by atoms with Crippen LogP contribution in [-0.2, 0) is 12.0 Å². The molecule has 0 radical (unpaired) electrons. The van der Waals surface area contributed by atoms with Gasteiger partial charge in [0.1, 0.15) is 0 Å². The number of hydrogen-bond acceptors (Lipinski definition) is 2. The van der Waals surface area contributed by atoms with E-state index in [4.69, 9.17) is 17.3 Å². The second kappa shape index (κ2) is 3.22. The zero-order chi connectivity index (χ0) is 10.5. The van der Waals surface area contributed by atoms with E-state index in [2.05, 4.69) is 20.8 Å².